The third kappa shape index (κ3) is 11.6. The number of hydrogen-bond donors (Lipinski definition) is 4. The van der Waals surface area contributed by atoms with Crippen molar-refractivity contribution in [3.63, 3.8) is 0 Å². The average Bonchev–Trinajstić information content (AvgIpc) is 2.38. The number of hydrogen-bond acceptors (Lipinski definition) is 6. The molecule has 0 unspecified atom stereocenters. The summed E-state index contributed by atoms with van der Waals surface area (Å²) in [6.07, 6.45) is 3.98. The van der Waals surface area contributed by atoms with Crippen molar-refractivity contribution in [3.8, 4) is 0 Å². The number of rotatable bonds is 8. The molecule has 0 radical (unpaired) electrons. The number of ether oxygens (including phenoxy) is 2. The van der Waals surface area contributed by atoms with E-state index in [1.54, 1.807) is 6.20 Å². The molecule has 0 aromatic rings. The molecule has 0 spiro atoms. The third-order valence-corrected chi connectivity index (χ3v) is 2.39. The maximum atomic E-state index is 11.4. The first kappa shape index (κ1) is 19.1. The topological polar surface area (TPSA) is 109 Å². The number of unbranched alkanes of at least 4 members (excludes halogenated alkanes) is 2. The van der Waals surface area contributed by atoms with Gasteiger partial charge in [-0.05, 0) is 40.0 Å². The molecule has 7 heteroatoms. The smallest absolute Gasteiger partial charge is 0.407 e. The normalized spacial score (nSPS) is 11.7. The third-order valence-electron chi connectivity index (χ3n) is 2.39. The van der Waals surface area contributed by atoms with Crippen molar-refractivity contribution in [1.82, 2.24) is 10.6 Å². The minimum Gasteiger partial charge on any atom is -0.480 e. The highest BCUT2D eigenvalue weighted by Gasteiger charge is 2.15. The molecule has 1 amide bonds. The zero-order valence-electron chi connectivity index (χ0n) is 13.4. The molecule has 0 aliphatic rings. The second-order valence-electron chi connectivity index (χ2n) is 5.58. The van der Waals surface area contributed by atoms with Crippen LogP contribution >= 0.6 is 0 Å². The fourth-order valence-electron chi connectivity index (χ4n) is 1.40. The van der Waals surface area contributed by atoms with E-state index in [4.69, 9.17) is 15.9 Å². The van der Waals surface area contributed by atoms with Gasteiger partial charge in [-0.1, -0.05) is 0 Å². The Morgan fingerprint density at radius 3 is 2.43 bits per heavy atom. The summed E-state index contributed by atoms with van der Waals surface area (Å²) in [6.45, 7) is 6.85. The number of amides is 1. The zero-order valence-corrected chi connectivity index (χ0v) is 13.4. The predicted molar refractivity (Wildman–Crippen MR) is 83.1 cm³/mol. The minimum atomic E-state index is -0.462. The van der Waals surface area contributed by atoms with Crippen molar-refractivity contribution < 1.29 is 14.3 Å². The number of nitrogens with one attached hydrogen (secondary N) is 3. The molecule has 0 aliphatic carbocycles. The standard InChI is InChI=1S/C14H28N4O3/c1-14(2,3)21-13(19)18-9-7-5-6-8-17-10-11(15)12(16)20-4/h10,16-17H,5-9,15H2,1-4H3,(H,18,19)/b11-10+,16-12?. The molecule has 0 saturated heterocycles. The van der Waals surface area contributed by atoms with E-state index in [2.05, 4.69) is 15.4 Å². The molecule has 0 heterocycles. The summed E-state index contributed by atoms with van der Waals surface area (Å²) >= 11 is 0. The summed E-state index contributed by atoms with van der Waals surface area (Å²) in [5, 5.41) is 13.0. The highest BCUT2D eigenvalue weighted by Crippen LogP contribution is 2.06. The Hall–Kier alpha value is -1.92. The molecule has 0 aromatic carbocycles. The van der Waals surface area contributed by atoms with Crippen molar-refractivity contribution in [2.45, 2.75) is 45.6 Å². The number of carbonyl (C=O) groups is 1. The van der Waals surface area contributed by atoms with Crippen LogP contribution < -0.4 is 16.4 Å². The summed E-state index contributed by atoms with van der Waals surface area (Å²) in [4.78, 5) is 11.4. The van der Waals surface area contributed by atoms with Gasteiger partial charge in [-0.25, -0.2) is 4.79 Å². The van der Waals surface area contributed by atoms with Crippen LogP contribution in [0.1, 0.15) is 40.0 Å². The van der Waals surface area contributed by atoms with Crippen molar-refractivity contribution in [1.29, 1.82) is 5.41 Å². The van der Waals surface area contributed by atoms with Gasteiger partial charge in [0.15, 0.2) is 0 Å². The maximum absolute atomic E-state index is 11.4. The van der Waals surface area contributed by atoms with Gasteiger partial charge in [-0.3, -0.25) is 5.41 Å². The minimum absolute atomic E-state index is 0.0518. The van der Waals surface area contributed by atoms with E-state index in [1.165, 1.54) is 7.11 Å². The molecule has 0 rings (SSSR count). The summed E-state index contributed by atoms with van der Waals surface area (Å²) in [5.41, 5.74) is 5.37. The Labute approximate surface area is 126 Å². The quantitative estimate of drug-likeness (QED) is 0.310. The summed E-state index contributed by atoms with van der Waals surface area (Å²) in [7, 11) is 1.40. The van der Waals surface area contributed by atoms with Gasteiger partial charge in [-0.15, -0.1) is 0 Å². The monoisotopic (exact) mass is 300 g/mol. The SMILES string of the molecule is COC(=N)/C(N)=C\NCCCCCNC(=O)OC(C)(C)C. The lowest BCUT2D eigenvalue weighted by Gasteiger charge is -2.19. The lowest BCUT2D eigenvalue weighted by Crippen LogP contribution is -2.33. The van der Waals surface area contributed by atoms with Gasteiger partial charge in [0.2, 0.25) is 5.90 Å². The molecule has 0 atom stereocenters. The molecule has 7 nitrogen and oxygen atoms in total. The molecule has 0 bridgehead atoms. The fraction of sp³-hybridized carbons (Fsp3) is 0.714. The molecular weight excluding hydrogens is 272 g/mol. The summed E-state index contributed by atoms with van der Waals surface area (Å²) < 4.78 is 9.80. The molecular formula is C14H28N4O3. The summed E-state index contributed by atoms with van der Waals surface area (Å²) in [6, 6.07) is 0. The van der Waals surface area contributed by atoms with Crippen LogP contribution in [0.5, 0.6) is 0 Å². The Kier molecular flexibility index (Phi) is 9.00. The number of carbonyl (C=O) groups excluding carboxylic acids is 1. The lowest BCUT2D eigenvalue weighted by atomic mass is 10.2. The predicted octanol–water partition coefficient (Wildman–Crippen LogP) is 1.69. The maximum Gasteiger partial charge on any atom is 0.407 e. The van der Waals surface area contributed by atoms with Crippen LogP contribution in [0.15, 0.2) is 11.9 Å². The van der Waals surface area contributed by atoms with Crippen LogP contribution in [0.25, 0.3) is 0 Å². The van der Waals surface area contributed by atoms with E-state index in [9.17, 15) is 4.79 Å². The van der Waals surface area contributed by atoms with Crippen LogP contribution in [-0.2, 0) is 9.47 Å². The zero-order chi connectivity index (χ0) is 16.3. The Morgan fingerprint density at radius 1 is 1.24 bits per heavy atom. The van der Waals surface area contributed by atoms with E-state index < -0.39 is 5.60 Å². The summed E-state index contributed by atoms with van der Waals surface area (Å²) in [5.74, 6) is -0.0518. The lowest BCUT2D eigenvalue weighted by molar-refractivity contribution is 0.0527. The second-order valence-corrected chi connectivity index (χ2v) is 5.58. The van der Waals surface area contributed by atoms with Crippen molar-refractivity contribution >= 4 is 12.0 Å². The average molecular weight is 300 g/mol. The first-order chi connectivity index (χ1) is 9.76. The molecule has 122 valence electrons. The molecule has 0 aliphatic heterocycles. The van der Waals surface area contributed by atoms with Gasteiger partial charge in [0.05, 0.1) is 7.11 Å². The van der Waals surface area contributed by atoms with Gasteiger partial charge in [0.1, 0.15) is 11.3 Å². The van der Waals surface area contributed by atoms with Crippen molar-refractivity contribution in [3.05, 3.63) is 11.9 Å². The first-order valence-corrected chi connectivity index (χ1v) is 7.05. The van der Waals surface area contributed by atoms with E-state index in [0.29, 0.717) is 6.54 Å². The van der Waals surface area contributed by atoms with Crippen molar-refractivity contribution in [2.75, 3.05) is 20.2 Å². The Morgan fingerprint density at radius 2 is 1.86 bits per heavy atom. The van der Waals surface area contributed by atoms with Crippen LogP contribution in [0, 0.1) is 5.41 Å². The molecule has 5 N–H and O–H groups in total. The van der Waals surface area contributed by atoms with Crippen molar-refractivity contribution in [2.24, 2.45) is 5.73 Å². The van der Waals surface area contributed by atoms with Crippen LogP contribution in [0.3, 0.4) is 0 Å². The second kappa shape index (κ2) is 9.90. The number of methoxy groups -OCH3 is 1. The molecule has 0 saturated carbocycles. The first-order valence-electron chi connectivity index (χ1n) is 7.05. The highest BCUT2D eigenvalue weighted by molar-refractivity contribution is 5.89. The van der Waals surface area contributed by atoms with E-state index in [1.807, 2.05) is 20.8 Å². The molecule has 0 aromatic heterocycles. The molecule has 0 fully saturated rings. The van der Waals surface area contributed by atoms with E-state index >= 15 is 0 Å². The van der Waals surface area contributed by atoms with Crippen LogP contribution in [-0.4, -0.2) is 37.8 Å². The van der Waals surface area contributed by atoms with E-state index in [-0.39, 0.29) is 17.7 Å². The van der Waals surface area contributed by atoms with E-state index in [0.717, 1.165) is 25.8 Å². The van der Waals surface area contributed by atoms with Gasteiger partial charge < -0.3 is 25.8 Å². The van der Waals surface area contributed by atoms with Gasteiger partial charge in [-0.2, -0.15) is 0 Å². The van der Waals surface area contributed by atoms with Gasteiger partial charge >= 0.3 is 6.09 Å². The molecule has 21 heavy (non-hydrogen) atoms. The van der Waals surface area contributed by atoms with Gasteiger partial charge in [0.25, 0.3) is 0 Å². The largest absolute Gasteiger partial charge is 0.480 e. The number of alkyl carbamates (subject to hydrolysis) is 1. The number of nitrogens with two attached hydrogens (primary N) is 1. The van der Waals surface area contributed by atoms with Crippen LogP contribution in [0.4, 0.5) is 4.79 Å². The van der Waals surface area contributed by atoms with Crippen LogP contribution in [0.2, 0.25) is 0 Å². The fourth-order valence-corrected chi connectivity index (χ4v) is 1.40. The highest BCUT2D eigenvalue weighted by atomic mass is 16.6. The Balaban J connectivity index is 3.53. The van der Waals surface area contributed by atoms with Gasteiger partial charge in [0, 0.05) is 19.3 Å². The Bertz CT molecular complexity index is 362.